The van der Waals surface area contributed by atoms with Crippen molar-refractivity contribution in [1.82, 2.24) is 10.1 Å². The van der Waals surface area contributed by atoms with E-state index in [4.69, 9.17) is 4.52 Å². The maximum atomic E-state index is 12.4. The molecule has 0 radical (unpaired) electrons. The van der Waals surface area contributed by atoms with E-state index in [0.29, 0.717) is 16.5 Å². The molecule has 0 bridgehead atoms. The summed E-state index contributed by atoms with van der Waals surface area (Å²) in [6.07, 6.45) is 3.28. The standard InChI is InChI=1S/C15H17N3O3S/c1-9-6-13(17-21-9)16-14(19)8-18(2)15(20)12-7-10-4-3-5-11(10)22-12/h6-7H,3-5,8H2,1-2H3,(H,16,17,19). The number of nitrogens with one attached hydrogen (secondary N) is 1. The van der Waals surface area contributed by atoms with Crippen molar-refractivity contribution in [2.24, 2.45) is 0 Å². The van der Waals surface area contributed by atoms with Crippen molar-refractivity contribution < 1.29 is 14.1 Å². The lowest BCUT2D eigenvalue weighted by Gasteiger charge is -2.15. The average Bonchev–Trinajstić information content (AvgIpc) is 3.13. The highest BCUT2D eigenvalue weighted by Gasteiger charge is 2.22. The predicted molar refractivity (Wildman–Crippen MR) is 83.2 cm³/mol. The fourth-order valence-corrected chi connectivity index (χ4v) is 3.77. The Morgan fingerprint density at radius 3 is 2.91 bits per heavy atom. The number of hydrogen-bond acceptors (Lipinski definition) is 5. The second-order valence-electron chi connectivity index (χ2n) is 5.44. The van der Waals surface area contributed by atoms with Gasteiger partial charge in [0.05, 0.1) is 11.4 Å². The average molecular weight is 319 g/mol. The highest BCUT2D eigenvalue weighted by atomic mass is 32.1. The molecule has 0 aliphatic heterocycles. The number of thiophene rings is 1. The first-order chi connectivity index (χ1) is 10.5. The van der Waals surface area contributed by atoms with Crippen LogP contribution in [0, 0.1) is 6.92 Å². The van der Waals surface area contributed by atoms with Gasteiger partial charge in [0.2, 0.25) is 5.91 Å². The van der Waals surface area contributed by atoms with Crippen molar-refractivity contribution in [3.63, 3.8) is 0 Å². The van der Waals surface area contributed by atoms with Crippen LogP contribution in [0.2, 0.25) is 0 Å². The number of rotatable bonds is 4. The fraction of sp³-hybridized carbons (Fsp3) is 0.400. The summed E-state index contributed by atoms with van der Waals surface area (Å²) in [5, 5.41) is 6.30. The Kier molecular flexibility index (Phi) is 3.98. The number of nitrogens with zero attached hydrogens (tertiary/aromatic N) is 2. The first kappa shape index (κ1) is 14.8. The minimum atomic E-state index is -0.298. The van der Waals surface area contributed by atoms with Gasteiger partial charge in [-0.05, 0) is 37.8 Å². The molecule has 6 nitrogen and oxygen atoms in total. The number of hydrogen-bond donors (Lipinski definition) is 1. The molecular formula is C15H17N3O3S. The molecule has 0 saturated carbocycles. The van der Waals surface area contributed by atoms with Crippen molar-refractivity contribution in [2.75, 3.05) is 18.9 Å². The van der Waals surface area contributed by atoms with Crippen LogP contribution in [0.1, 0.15) is 32.3 Å². The zero-order valence-corrected chi connectivity index (χ0v) is 13.3. The van der Waals surface area contributed by atoms with Gasteiger partial charge in [0.1, 0.15) is 5.76 Å². The Morgan fingerprint density at radius 2 is 2.23 bits per heavy atom. The number of carbonyl (C=O) groups excluding carboxylic acids is 2. The topological polar surface area (TPSA) is 75.4 Å². The summed E-state index contributed by atoms with van der Waals surface area (Å²) in [6.45, 7) is 1.72. The second kappa shape index (κ2) is 5.92. The molecule has 7 heteroatoms. The Bertz CT molecular complexity index is 698. The molecule has 22 heavy (non-hydrogen) atoms. The van der Waals surface area contributed by atoms with Gasteiger partial charge in [0.25, 0.3) is 5.91 Å². The number of aryl methyl sites for hydroxylation is 3. The molecule has 1 aliphatic rings. The van der Waals surface area contributed by atoms with Crippen LogP contribution in [-0.2, 0) is 17.6 Å². The molecule has 1 aliphatic carbocycles. The van der Waals surface area contributed by atoms with Gasteiger partial charge in [-0.15, -0.1) is 11.3 Å². The lowest BCUT2D eigenvalue weighted by atomic mass is 10.2. The van der Waals surface area contributed by atoms with Crippen LogP contribution >= 0.6 is 11.3 Å². The number of carbonyl (C=O) groups is 2. The molecule has 116 valence electrons. The number of fused-ring (bicyclic) bond motifs is 1. The molecule has 2 aromatic heterocycles. The van der Waals surface area contributed by atoms with Crippen molar-refractivity contribution in [1.29, 1.82) is 0 Å². The Balaban J connectivity index is 1.59. The van der Waals surface area contributed by atoms with E-state index in [-0.39, 0.29) is 18.4 Å². The van der Waals surface area contributed by atoms with Gasteiger partial charge < -0.3 is 14.7 Å². The van der Waals surface area contributed by atoms with Crippen LogP contribution in [0.4, 0.5) is 5.82 Å². The zero-order valence-electron chi connectivity index (χ0n) is 12.5. The Hall–Kier alpha value is -2.15. The van der Waals surface area contributed by atoms with Gasteiger partial charge in [-0.3, -0.25) is 9.59 Å². The second-order valence-corrected chi connectivity index (χ2v) is 6.58. The Morgan fingerprint density at radius 1 is 1.41 bits per heavy atom. The highest BCUT2D eigenvalue weighted by Crippen LogP contribution is 2.31. The quantitative estimate of drug-likeness (QED) is 0.938. The van der Waals surface area contributed by atoms with Crippen molar-refractivity contribution in [2.45, 2.75) is 26.2 Å². The minimum Gasteiger partial charge on any atom is -0.360 e. The van der Waals surface area contributed by atoms with Gasteiger partial charge in [0, 0.05) is 18.0 Å². The van der Waals surface area contributed by atoms with Gasteiger partial charge in [-0.1, -0.05) is 5.16 Å². The van der Waals surface area contributed by atoms with E-state index in [1.54, 1.807) is 31.4 Å². The first-order valence-corrected chi connectivity index (χ1v) is 7.95. The zero-order chi connectivity index (χ0) is 15.7. The summed E-state index contributed by atoms with van der Waals surface area (Å²) in [4.78, 5) is 27.7. The van der Waals surface area contributed by atoms with E-state index >= 15 is 0 Å². The maximum absolute atomic E-state index is 12.4. The molecule has 0 aromatic carbocycles. The number of likely N-dealkylation sites (N-methyl/N-ethyl adjacent to an activating group) is 1. The molecule has 2 aromatic rings. The summed E-state index contributed by atoms with van der Waals surface area (Å²) in [5.41, 5.74) is 1.28. The van der Waals surface area contributed by atoms with E-state index in [1.165, 1.54) is 21.8 Å². The number of anilines is 1. The number of amides is 2. The molecule has 0 spiro atoms. The molecular weight excluding hydrogens is 302 g/mol. The Labute approximate surface area is 132 Å². The smallest absolute Gasteiger partial charge is 0.264 e. The lowest BCUT2D eigenvalue weighted by molar-refractivity contribution is -0.116. The molecule has 0 saturated heterocycles. The monoisotopic (exact) mass is 319 g/mol. The van der Waals surface area contributed by atoms with Crippen LogP contribution < -0.4 is 5.32 Å². The lowest BCUT2D eigenvalue weighted by Crippen LogP contribution is -2.34. The summed E-state index contributed by atoms with van der Waals surface area (Å²) in [5.74, 6) is 0.561. The molecule has 3 rings (SSSR count). The van der Waals surface area contributed by atoms with Gasteiger partial charge in [0.15, 0.2) is 5.82 Å². The van der Waals surface area contributed by atoms with E-state index in [1.807, 2.05) is 6.07 Å². The fourth-order valence-electron chi connectivity index (χ4n) is 2.52. The predicted octanol–water partition coefficient (Wildman–Crippen LogP) is 2.24. The van der Waals surface area contributed by atoms with Gasteiger partial charge in [-0.2, -0.15) is 0 Å². The van der Waals surface area contributed by atoms with Crippen molar-refractivity contribution in [3.05, 3.63) is 33.2 Å². The van der Waals surface area contributed by atoms with E-state index < -0.39 is 0 Å². The summed E-state index contributed by atoms with van der Waals surface area (Å²) in [7, 11) is 1.63. The van der Waals surface area contributed by atoms with E-state index in [9.17, 15) is 9.59 Å². The molecule has 0 atom stereocenters. The summed E-state index contributed by atoms with van der Waals surface area (Å²) in [6, 6.07) is 3.59. The summed E-state index contributed by atoms with van der Waals surface area (Å²) >= 11 is 1.54. The normalized spacial score (nSPS) is 13.0. The largest absolute Gasteiger partial charge is 0.360 e. The van der Waals surface area contributed by atoms with Crippen LogP contribution in [0.15, 0.2) is 16.7 Å². The first-order valence-electron chi connectivity index (χ1n) is 7.13. The van der Waals surface area contributed by atoms with Crippen LogP contribution in [0.5, 0.6) is 0 Å². The third-order valence-electron chi connectivity index (χ3n) is 3.58. The van der Waals surface area contributed by atoms with Gasteiger partial charge >= 0.3 is 0 Å². The molecule has 2 heterocycles. The van der Waals surface area contributed by atoms with Crippen LogP contribution in [0.3, 0.4) is 0 Å². The van der Waals surface area contributed by atoms with Gasteiger partial charge in [-0.25, -0.2) is 0 Å². The SMILES string of the molecule is Cc1cc(NC(=O)CN(C)C(=O)c2cc3c(s2)CCC3)no1. The third kappa shape index (κ3) is 3.04. The van der Waals surface area contributed by atoms with E-state index in [0.717, 1.165) is 12.8 Å². The van der Waals surface area contributed by atoms with Crippen molar-refractivity contribution >= 4 is 29.0 Å². The molecule has 0 fully saturated rings. The number of aromatic nitrogens is 1. The highest BCUT2D eigenvalue weighted by molar-refractivity contribution is 7.14. The van der Waals surface area contributed by atoms with Crippen molar-refractivity contribution in [3.8, 4) is 0 Å². The maximum Gasteiger partial charge on any atom is 0.264 e. The molecule has 1 N–H and O–H groups in total. The van der Waals surface area contributed by atoms with Crippen LogP contribution in [-0.4, -0.2) is 35.5 Å². The minimum absolute atomic E-state index is 0.0205. The molecule has 0 unspecified atom stereocenters. The van der Waals surface area contributed by atoms with Crippen LogP contribution in [0.25, 0.3) is 0 Å². The summed E-state index contributed by atoms with van der Waals surface area (Å²) < 4.78 is 4.88. The van der Waals surface area contributed by atoms with E-state index in [2.05, 4.69) is 10.5 Å². The third-order valence-corrected chi connectivity index (χ3v) is 4.81. The molecule has 2 amide bonds.